The van der Waals surface area contributed by atoms with Crippen molar-refractivity contribution in [2.45, 2.75) is 18.1 Å². The molecule has 1 fully saturated rings. The van der Waals surface area contributed by atoms with Crippen LogP contribution in [0.1, 0.15) is 12.2 Å². The molecule has 0 bridgehead atoms. The summed E-state index contributed by atoms with van der Waals surface area (Å²) in [5, 5.41) is 23.5. The van der Waals surface area contributed by atoms with Crippen molar-refractivity contribution in [1.82, 2.24) is 10.1 Å². The highest BCUT2D eigenvalue weighted by Gasteiger charge is 2.47. The molecule has 1 aromatic carbocycles. The quantitative estimate of drug-likeness (QED) is 0.846. The van der Waals surface area contributed by atoms with Gasteiger partial charge in [0.05, 0.1) is 13.2 Å². The highest BCUT2D eigenvalue weighted by Crippen LogP contribution is 2.34. The number of aliphatic hydroxyl groups excluding tert-OH is 1. The van der Waals surface area contributed by atoms with Crippen LogP contribution < -0.4 is 0 Å². The number of rotatable bonds is 3. The molecular formula is C13H14N2O4. The van der Waals surface area contributed by atoms with Gasteiger partial charge in [0.1, 0.15) is 6.10 Å². The zero-order valence-electron chi connectivity index (χ0n) is 10.2. The number of aromatic nitrogens is 2. The van der Waals surface area contributed by atoms with Gasteiger partial charge in [0.15, 0.2) is 5.60 Å². The lowest BCUT2D eigenvalue weighted by Crippen LogP contribution is -2.38. The fourth-order valence-electron chi connectivity index (χ4n) is 2.21. The van der Waals surface area contributed by atoms with Crippen molar-refractivity contribution in [3.05, 3.63) is 36.2 Å². The van der Waals surface area contributed by atoms with Gasteiger partial charge >= 0.3 is 0 Å². The first-order valence-electron chi connectivity index (χ1n) is 6.08. The lowest BCUT2D eigenvalue weighted by Gasteiger charge is -2.22. The molecule has 1 aromatic heterocycles. The third-order valence-electron chi connectivity index (χ3n) is 3.33. The van der Waals surface area contributed by atoms with E-state index >= 15 is 0 Å². The molecule has 0 saturated carbocycles. The van der Waals surface area contributed by atoms with E-state index in [0.717, 1.165) is 5.56 Å². The number of nitrogens with zero attached hydrogens (tertiary/aromatic N) is 2. The maximum atomic E-state index is 10.5. The lowest BCUT2D eigenvalue weighted by atomic mass is 9.95. The Morgan fingerprint density at radius 3 is 2.84 bits per heavy atom. The Balaban J connectivity index is 1.93. The largest absolute Gasteiger partial charge is 0.394 e. The molecule has 19 heavy (non-hydrogen) atoms. The van der Waals surface area contributed by atoms with Crippen LogP contribution in [0, 0.1) is 0 Å². The minimum absolute atomic E-state index is 0.155. The normalized spacial score (nSPS) is 26.7. The average molecular weight is 262 g/mol. The summed E-state index contributed by atoms with van der Waals surface area (Å²) in [6, 6.07) is 9.30. The molecule has 1 aliphatic heterocycles. The molecule has 0 amide bonds. The van der Waals surface area contributed by atoms with Gasteiger partial charge in [-0.2, -0.15) is 4.98 Å². The second-order valence-corrected chi connectivity index (χ2v) is 4.51. The van der Waals surface area contributed by atoms with Gasteiger partial charge in [-0.3, -0.25) is 0 Å². The molecule has 0 unspecified atom stereocenters. The molecule has 2 atom stereocenters. The summed E-state index contributed by atoms with van der Waals surface area (Å²) in [5.74, 6) is 0.496. The van der Waals surface area contributed by atoms with Crippen LogP contribution in [0.2, 0.25) is 0 Å². The van der Waals surface area contributed by atoms with Gasteiger partial charge in [0.2, 0.25) is 5.82 Å². The van der Waals surface area contributed by atoms with Gasteiger partial charge < -0.3 is 19.5 Å². The zero-order valence-corrected chi connectivity index (χ0v) is 10.2. The summed E-state index contributed by atoms with van der Waals surface area (Å²) in [4.78, 5) is 4.21. The maximum Gasteiger partial charge on any atom is 0.258 e. The molecule has 2 aromatic rings. The van der Waals surface area contributed by atoms with E-state index < -0.39 is 11.7 Å². The Morgan fingerprint density at radius 1 is 1.32 bits per heavy atom. The molecule has 0 radical (unpaired) electrons. The smallest absolute Gasteiger partial charge is 0.258 e. The molecule has 0 spiro atoms. The van der Waals surface area contributed by atoms with Crippen LogP contribution in [0.25, 0.3) is 11.5 Å². The number of hydrogen-bond acceptors (Lipinski definition) is 6. The molecular weight excluding hydrogens is 248 g/mol. The summed E-state index contributed by atoms with van der Waals surface area (Å²) < 4.78 is 10.4. The Kier molecular flexibility index (Phi) is 3.06. The number of ether oxygens (including phenoxy) is 1. The van der Waals surface area contributed by atoms with Crippen molar-refractivity contribution < 1.29 is 19.5 Å². The maximum absolute atomic E-state index is 10.5. The van der Waals surface area contributed by atoms with Crippen molar-refractivity contribution in [3.8, 4) is 11.5 Å². The molecule has 1 aliphatic rings. The van der Waals surface area contributed by atoms with E-state index in [9.17, 15) is 10.2 Å². The van der Waals surface area contributed by atoms with Gasteiger partial charge in [0.25, 0.3) is 5.89 Å². The Hall–Kier alpha value is -1.76. The summed E-state index contributed by atoms with van der Waals surface area (Å²) in [6.07, 6.45) is -0.375. The molecule has 100 valence electrons. The van der Waals surface area contributed by atoms with E-state index in [4.69, 9.17) is 9.26 Å². The SMILES string of the molecule is OC[C@H]1OCC[C@]1(O)c1noc(-c2ccccc2)n1. The summed E-state index contributed by atoms with van der Waals surface area (Å²) in [6.45, 7) is 0.0721. The Labute approximate surface area is 109 Å². The van der Waals surface area contributed by atoms with Crippen LogP contribution >= 0.6 is 0 Å². The highest BCUT2D eigenvalue weighted by molar-refractivity contribution is 5.52. The van der Waals surface area contributed by atoms with E-state index in [1.54, 1.807) is 0 Å². The first-order chi connectivity index (χ1) is 9.24. The van der Waals surface area contributed by atoms with Gasteiger partial charge in [-0.15, -0.1) is 0 Å². The number of aliphatic hydroxyl groups is 2. The standard InChI is InChI=1S/C13H14N2O4/c16-8-10-13(17,6-7-18-10)12-14-11(19-15-12)9-4-2-1-3-5-9/h1-5,10,16-17H,6-8H2/t10-,13-/m1/s1. The van der Waals surface area contributed by atoms with Crippen molar-refractivity contribution >= 4 is 0 Å². The number of benzene rings is 1. The van der Waals surface area contributed by atoms with Gasteiger partial charge in [-0.05, 0) is 12.1 Å². The topological polar surface area (TPSA) is 88.6 Å². The summed E-state index contributed by atoms with van der Waals surface area (Å²) in [7, 11) is 0. The molecule has 6 heteroatoms. The van der Waals surface area contributed by atoms with Crippen LogP contribution in [0.15, 0.2) is 34.9 Å². The molecule has 1 saturated heterocycles. The van der Waals surface area contributed by atoms with E-state index in [0.29, 0.717) is 18.9 Å². The molecule has 0 aliphatic carbocycles. The predicted molar refractivity (Wildman–Crippen MR) is 65.1 cm³/mol. The molecule has 3 rings (SSSR count). The van der Waals surface area contributed by atoms with E-state index in [2.05, 4.69) is 10.1 Å². The summed E-state index contributed by atoms with van der Waals surface area (Å²) in [5.41, 5.74) is -0.602. The second-order valence-electron chi connectivity index (χ2n) is 4.51. The number of hydrogen-bond donors (Lipinski definition) is 2. The average Bonchev–Trinajstić information content (AvgIpc) is 3.07. The first kappa shape index (κ1) is 12.3. The van der Waals surface area contributed by atoms with E-state index in [-0.39, 0.29) is 12.4 Å². The van der Waals surface area contributed by atoms with Crippen LogP contribution in [-0.2, 0) is 10.3 Å². The third-order valence-corrected chi connectivity index (χ3v) is 3.33. The van der Waals surface area contributed by atoms with Gasteiger partial charge in [-0.25, -0.2) is 0 Å². The van der Waals surface area contributed by atoms with Crippen LogP contribution in [0.5, 0.6) is 0 Å². The van der Waals surface area contributed by atoms with Crippen molar-refractivity contribution in [2.75, 3.05) is 13.2 Å². The minimum Gasteiger partial charge on any atom is -0.394 e. The molecule has 2 heterocycles. The molecule has 2 N–H and O–H groups in total. The Morgan fingerprint density at radius 2 is 2.11 bits per heavy atom. The lowest BCUT2D eigenvalue weighted by molar-refractivity contribution is -0.0715. The van der Waals surface area contributed by atoms with Crippen molar-refractivity contribution in [3.63, 3.8) is 0 Å². The predicted octanol–water partition coefficient (Wildman–Crippen LogP) is 0.705. The minimum atomic E-state index is -1.38. The van der Waals surface area contributed by atoms with Crippen molar-refractivity contribution in [1.29, 1.82) is 0 Å². The van der Waals surface area contributed by atoms with Gasteiger partial charge in [0, 0.05) is 12.0 Å². The van der Waals surface area contributed by atoms with Crippen LogP contribution in [-0.4, -0.2) is 39.7 Å². The van der Waals surface area contributed by atoms with Crippen molar-refractivity contribution in [2.24, 2.45) is 0 Å². The highest BCUT2D eigenvalue weighted by atomic mass is 16.5. The van der Waals surface area contributed by atoms with Crippen LogP contribution in [0.3, 0.4) is 0 Å². The third kappa shape index (κ3) is 2.03. The van der Waals surface area contributed by atoms with Gasteiger partial charge in [-0.1, -0.05) is 23.4 Å². The van der Waals surface area contributed by atoms with Crippen LogP contribution in [0.4, 0.5) is 0 Å². The monoisotopic (exact) mass is 262 g/mol. The molecule has 6 nitrogen and oxygen atoms in total. The fraction of sp³-hybridized carbons (Fsp3) is 0.385. The zero-order chi connectivity index (χ0) is 13.3. The first-order valence-corrected chi connectivity index (χ1v) is 6.08. The second kappa shape index (κ2) is 4.73. The Bertz CT molecular complexity index is 557. The van der Waals surface area contributed by atoms with E-state index in [1.807, 2.05) is 30.3 Å². The summed E-state index contributed by atoms with van der Waals surface area (Å²) >= 11 is 0. The van der Waals surface area contributed by atoms with E-state index in [1.165, 1.54) is 0 Å². The fourth-order valence-corrected chi connectivity index (χ4v) is 2.21.